The first-order valence-electron chi connectivity index (χ1n) is 6.65. The lowest BCUT2D eigenvalue weighted by Gasteiger charge is -2.11. The Morgan fingerprint density at radius 2 is 1.62 bits per heavy atom. The topological polar surface area (TPSA) is 35.5 Å². The molecule has 0 bridgehead atoms. The van der Waals surface area contributed by atoms with Crippen LogP contribution in [0.3, 0.4) is 0 Å². The molecular weight excluding hydrogens is 328 g/mol. The van der Waals surface area contributed by atoms with E-state index in [1.807, 2.05) is 0 Å². The predicted molar refractivity (Wildman–Crippen MR) is 78.7 cm³/mol. The van der Waals surface area contributed by atoms with Crippen molar-refractivity contribution in [2.24, 2.45) is 0 Å². The van der Waals surface area contributed by atoms with Gasteiger partial charge in [-0.25, -0.2) is 18.0 Å². The predicted octanol–water partition coefficient (Wildman–Crippen LogP) is 4.40. The number of methoxy groups -OCH3 is 1. The second kappa shape index (κ2) is 6.74. The van der Waals surface area contributed by atoms with E-state index < -0.39 is 35.0 Å². The zero-order valence-electron chi connectivity index (χ0n) is 12.8. The molecule has 0 aliphatic heterocycles. The minimum atomic E-state index is -1.32. The molecule has 0 saturated carbocycles. The first-order valence-corrected chi connectivity index (χ1v) is 6.65. The molecule has 7 heteroatoms. The van der Waals surface area contributed by atoms with Crippen LogP contribution in [0.1, 0.15) is 6.92 Å². The van der Waals surface area contributed by atoms with Gasteiger partial charge in [0.25, 0.3) is 0 Å². The Morgan fingerprint density at radius 1 is 1.04 bits per heavy atom. The lowest BCUT2D eigenvalue weighted by atomic mass is 10.0. The van der Waals surface area contributed by atoms with Crippen LogP contribution in [0.4, 0.5) is 17.6 Å². The van der Waals surface area contributed by atoms with Crippen molar-refractivity contribution in [3.63, 3.8) is 0 Å². The fourth-order valence-electron chi connectivity index (χ4n) is 1.91. The molecule has 0 unspecified atom stereocenters. The number of hydrogen-bond acceptors (Lipinski definition) is 3. The number of esters is 1. The van der Waals surface area contributed by atoms with Gasteiger partial charge >= 0.3 is 5.97 Å². The van der Waals surface area contributed by atoms with Gasteiger partial charge in [-0.05, 0) is 36.8 Å². The molecule has 24 heavy (non-hydrogen) atoms. The van der Waals surface area contributed by atoms with Crippen molar-refractivity contribution in [3.8, 4) is 22.6 Å². The molecule has 2 aromatic rings. The SMILES string of the molecule is C=C(C)C(=O)Oc1c(F)cc(-c2ccc(OC)c(F)c2F)cc1F. The van der Waals surface area contributed by atoms with Gasteiger partial charge in [-0.15, -0.1) is 0 Å². The molecule has 0 radical (unpaired) electrons. The van der Waals surface area contributed by atoms with Gasteiger partial charge in [-0.1, -0.05) is 6.58 Å². The molecule has 0 heterocycles. The number of carbonyl (C=O) groups is 1. The highest BCUT2D eigenvalue weighted by molar-refractivity contribution is 5.89. The summed E-state index contributed by atoms with van der Waals surface area (Å²) in [7, 11) is 1.15. The maximum Gasteiger partial charge on any atom is 0.338 e. The molecule has 0 fully saturated rings. The summed E-state index contributed by atoms with van der Waals surface area (Å²) in [6.45, 7) is 4.60. The Labute approximate surface area is 135 Å². The molecule has 3 nitrogen and oxygen atoms in total. The van der Waals surface area contributed by atoms with Crippen LogP contribution in [-0.4, -0.2) is 13.1 Å². The Morgan fingerprint density at radius 3 is 2.12 bits per heavy atom. The largest absolute Gasteiger partial charge is 0.494 e. The monoisotopic (exact) mass is 340 g/mol. The molecule has 0 spiro atoms. The normalized spacial score (nSPS) is 10.4. The summed E-state index contributed by atoms with van der Waals surface area (Å²) in [6.07, 6.45) is 0. The van der Waals surface area contributed by atoms with E-state index in [4.69, 9.17) is 0 Å². The van der Waals surface area contributed by atoms with Crippen LogP contribution in [0, 0.1) is 23.3 Å². The van der Waals surface area contributed by atoms with Gasteiger partial charge in [0.1, 0.15) is 0 Å². The van der Waals surface area contributed by atoms with Gasteiger partial charge in [0.2, 0.25) is 11.6 Å². The van der Waals surface area contributed by atoms with Crippen molar-refractivity contribution in [2.45, 2.75) is 6.92 Å². The second-order valence-electron chi connectivity index (χ2n) is 4.88. The lowest BCUT2D eigenvalue weighted by molar-refractivity contribution is -0.130. The molecule has 0 saturated heterocycles. The van der Waals surface area contributed by atoms with Crippen molar-refractivity contribution in [2.75, 3.05) is 7.11 Å². The van der Waals surface area contributed by atoms with Crippen molar-refractivity contribution in [3.05, 3.63) is 59.7 Å². The summed E-state index contributed by atoms with van der Waals surface area (Å²) < 4.78 is 64.9. The standard InChI is InChI=1S/C17H12F4O3/c1-8(2)17(22)24-16-11(18)6-9(7-12(16)19)10-4-5-13(23-3)15(21)14(10)20/h4-7H,1H2,2-3H3. The molecule has 2 aromatic carbocycles. The smallest absolute Gasteiger partial charge is 0.338 e. The van der Waals surface area contributed by atoms with E-state index in [0.717, 1.165) is 31.4 Å². The second-order valence-corrected chi connectivity index (χ2v) is 4.88. The van der Waals surface area contributed by atoms with Crippen molar-refractivity contribution in [1.29, 1.82) is 0 Å². The maximum absolute atomic E-state index is 14.0. The van der Waals surface area contributed by atoms with Gasteiger partial charge in [-0.3, -0.25) is 0 Å². The lowest BCUT2D eigenvalue weighted by Crippen LogP contribution is -2.11. The molecule has 2 rings (SSSR count). The van der Waals surface area contributed by atoms with E-state index in [1.165, 1.54) is 6.92 Å². The minimum Gasteiger partial charge on any atom is -0.494 e. The molecule has 0 aliphatic rings. The molecule has 0 N–H and O–H groups in total. The summed E-state index contributed by atoms with van der Waals surface area (Å²) in [5, 5.41) is 0. The third-order valence-corrected chi connectivity index (χ3v) is 3.12. The number of rotatable bonds is 4. The third kappa shape index (κ3) is 3.24. The zero-order valence-corrected chi connectivity index (χ0v) is 12.8. The fraction of sp³-hybridized carbons (Fsp3) is 0.118. The summed E-state index contributed by atoms with van der Waals surface area (Å²) in [5.41, 5.74) is -0.691. The third-order valence-electron chi connectivity index (χ3n) is 3.12. The van der Waals surface area contributed by atoms with Crippen molar-refractivity contribution < 1.29 is 31.8 Å². The Bertz CT molecular complexity index is 808. The van der Waals surface area contributed by atoms with Crippen LogP contribution < -0.4 is 9.47 Å². The van der Waals surface area contributed by atoms with Gasteiger partial charge < -0.3 is 9.47 Å². The van der Waals surface area contributed by atoms with Gasteiger partial charge in [0, 0.05) is 11.1 Å². The van der Waals surface area contributed by atoms with Crippen LogP contribution in [-0.2, 0) is 4.79 Å². The Kier molecular flexibility index (Phi) is 4.92. The van der Waals surface area contributed by atoms with Crippen LogP contribution in [0.25, 0.3) is 11.1 Å². The van der Waals surface area contributed by atoms with E-state index in [1.54, 1.807) is 0 Å². The van der Waals surface area contributed by atoms with Crippen molar-refractivity contribution >= 4 is 5.97 Å². The van der Waals surface area contributed by atoms with E-state index in [2.05, 4.69) is 16.1 Å². The Balaban J connectivity index is 2.50. The number of halogens is 4. The highest BCUT2D eigenvalue weighted by atomic mass is 19.2. The van der Waals surface area contributed by atoms with Crippen LogP contribution >= 0.6 is 0 Å². The molecule has 0 aromatic heterocycles. The summed E-state index contributed by atoms with van der Waals surface area (Å²) in [5.74, 6) is -7.38. The minimum absolute atomic E-state index is 0.0545. The highest BCUT2D eigenvalue weighted by Gasteiger charge is 2.21. The van der Waals surface area contributed by atoms with Gasteiger partial charge in [0.05, 0.1) is 7.11 Å². The first-order chi connectivity index (χ1) is 11.3. The first kappa shape index (κ1) is 17.5. The van der Waals surface area contributed by atoms with E-state index in [9.17, 15) is 22.4 Å². The number of hydrogen-bond donors (Lipinski definition) is 0. The molecular formula is C17H12F4O3. The van der Waals surface area contributed by atoms with Crippen molar-refractivity contribution in [1.82, 2.24) is 0 Å². The summed E-state index contributed by atoms with van der Waals surface area (Å²) in [4.78, 5) is 11.4. The molecule has 0 aliphatic carbocycles. The molecule has 0 amide bonds. The maximum atomic E-state index is 14.0. The van der Waals surface area contributed by atoms with E-state index in [0.29, 0.717) is 0 Å². The number of ether oxygens (including phenoxy) is 2. The number of carbonyl (C=O) groups excluding carboxylic acids is 1. The highest BCUT2D eigenvalue weighted by Crippen LogP contribution is 2.33. The summed E-state index contributed by atoms with van der Waals surface area (Å²) >= 11 is 0. The van der Waals surface area contributed by atoms with Crippen LogP contribution in [0.5, 0.6) is 11.5 Å². The fourth-order valence-corrected chi connectivity index (χ4v) is 1.91. The molecule has 0 atom stereocenters. The van der Waals surface area contributed by atoms with Gasteiger partial charge in [0.15, 0.2) is 23.2 Å². The molecule has 126 valence electrons. The van der Waals surface area contributed by atoms with Crippen LogP contribution in [0.15, 0.2) is 36.4 Å². The average Bonchev–Trinajstić information content (AvgIpc) is 2.52. The number of benzene rings is 2. The van der Waals surface area contributed by atoms with E-state index in [-0.39, 0.29) is 22.4 Å². The quantitative estimate of drug-likeness (QED) is 0.358. The van der Waals surface area contributed by atoms with Gasteiger partial charge in [-0.2, -0.15) is 4.39 Å². The van der Waals surface area contributed by atoms with Crippen LogP contribution in [0.2, 0.25) is 0 Å². The summed E-state index contributed by atoms with van der Waals surface area (Å²) in [6, 6.07) is 3.70. The van der Waals surface area contributed by atoms with E-state index >= 15 is 0 Å². The average molecular weight is 340 g/mol. The zero-order chi connectivity index (χ0) is 18.0. The Hall–Kier alpha value is -2.83.